The fraction of sp³-hybridized carbons (Fsp3) is 0.467. The fourth-order valence-corrected chi connectivity index (χ4v) is 4.02. The molecule has 1 heterocycles. The standard InChI is InChI=1S/C15H19NO3S/c1-13-12-20(18,19)9-7-16(13)11-15-5-2-4-14(10-15)6-3-8-17/h2,4-5,10,13,17H,7-9,11-12H2,1H3. The van der Waals surface area contributed by atoms with Gasteiger partial charge in [0.25, 0.3) is 0 Å². The van der Waals surface area contributed by atoms with Crippen molar-refractivity contribution < 1.29 is 13.5 Å². The van der Waals surface area contributed by atoms with Crippen LogP contribution in [0.1, 0.15) is 18.1 Å². The van der Waals surface area contributed by atoms with Crippen LogP contribution in [0.25, 0.3) is 0 Å². The van der Waals surface area contributed by atoms with Crippen molar-refractivity contribution in [1.82, 2.24) is 4.90 Å². The molecule has 108 valence electrons. The van der Waals surface area contributed by atoms with Crippen molar-refractivity contribution in [3.63, 3.8) is 0 Å². The molecular formula is C15H19NO3S. The molecule has 1 N–H and O–H groups in total. The van der Waals surface area contributed by atoms with Crippen molar-refractivity contribution >= 4 is 9.84 Å². The molecule has 1 aliphatic heterocycles. The van der Waals surface area contributed by atoms with Gasteiger partial charge in [0.15, 0.2) is 9.84 Å². The van der Waals surface area contributed by atoms with E-state index in [-0.39, 0.29) is 24.2 Å². The summed E-state index contributed by atoms with van der Waals surface area (Å²) in [5.74, 6) is 5.98. The molecule has 1 saturated heterocycles. The van der Waals surface area contributed by atoms with Gasteiger partial charge in [-0.05, 0) is 24.6 Å². The average Bonchev–Trinajstić information content (AvgIpc) is 2.40. The molecule has 0 aromatic heterocycles. The van der Waals surface area contributed by atoms with Gasteiger partial charge in [0.2, 0.25) is 0 Å². The van der Waals surface area contributed by atoms with Crippen LogP contribution in [0.5, 0.6) is 0 Å². The van der Waals surface area contributed by atoms with Crippen molar-refractivity contribution in [2.24, 2.45) is 0 Å². The van der Waals surface area contributed by atoms with Crippen molar-refractivity contribution in [2.45, 2.75) is 19.5 Å². The van der Waals surface area contributed by atoms with Crippen molar-refractivity contribution in [1.29, 1.82) is 0 Å². The third kappa shape index (κ3) is 4.07. The molecule has 0 saturated carbocycles. The second-order valence-corrected chi connectivity index (χ2v) is 7.32. The van der Waals surface area contributed by atoms with E-state index in [4.69, 9.17) is 5.11 Å². The van der Waals surface area contributed by atoms with Gasteiger partial charge in [-0.3, -0.25) is 4.90 Å². The first-order valence-corrected chi connectivity index (χ1v) is 8.45. The third-order valence-corrected chi connectivity index (χ3v) is 5.23. The molecule has 2 rings (SSSR count). The molecule has 1 atom stereocenters. The highest BCUT2D eigenvalue weighted by Gasteiger charge is 2.27. The van der Waals surface area contributed by atoms with Gasteiger partial charge in [-0.15, -0.1) is 0 Å². The molecule has 0 aliphatic carbocycles. The van der Waals surface area contributed by atoms with Gasteiger partial charge in [-0.1, -0.05) is 24.0 Å². The summed E-state index contributed by atoms with van der Waals surface area (Å²) < 4.78 is 23.1. The number of sulfone groups is 1. The van der Waals surface area contributed by atoms with Gasteiger partial charge in [-0.2, -0.15) is 0 Å². The molecule has 0 radical (unpaired) electrons. The van der Waals surface area contributed by atoms with E-state index in [1.165, 1.54) is 0 Å². The Balaban J connectivity index is 2.07. The molecule has 0 amide bonds. The summed E-state index contributed by atoms with van der Waals surface area (Å²) in [5, 5.41) is 8.70. The normalized spacial score (nSPS) is 22.0. The van der Waals surface area contributed by atoms with Crippen molar-refractivity contribution in [2.75, 3.05) is 24.7 Å². The number of aliphatic hydroxyl groups is 1. The number of aliphatic hydroxyl groups excluding tert-OH is 1. The van der Waals surface area contributed by atoms with Crippen LogP contribution in [0.4, 0.5) is 0 Å². The summed E-state index contributed by atoms with van der Waals surface area (Å²) in [7, 11) is -2.87. The highest BCUT2D eigenvalue weighted by Crippen LogP contribution is 2.15. The molecule has 0 bridgehead atoms. The summed E-state index contributed by atoms with van der Waals surface area (Å²) in [6.07, 6.45) is 0. The molecule has 0 spiro atoms. The maximum absolute atomic E-state index is 11.6. The minimum atomic E-state index is -2.87. The maximum atomic E-state index is 11.6. The monoisotopic (exact) mass is 293 g/mol. The van der Waals surface area contributed by atoms with Gasteiger partial charge in [-0.25, -0.2) is 8.42 Å². The Labute approximate surface area is 120 Å². The molecule has 20 heavy (non-hydrogen) atoms. The van der Waals surface area contributed by atoms with Gasteiger partial charge in [0.05, 0.1) is 11.5 Å². The summed E-state index contributed by atoms with van der Waals surface area (Å²) in [6.45, 7) is 3.11. The van der Waals surface area contributed by atoms with E-state index >= 15 is 0 Å². The summed E-state index contributed by atoms with van der Waals surface area (Å²) >= 11 is 0. The van der Waals surface area contributed by atoms with Gasteiger partial charge < -0.3 is 5.11 Å². The molecule has 1 aromatic rings. The summed E-state index contributed by atoms with van der Waals surface area (Å²) in [5.41, 5.74) is 1.98. The highest BCUT2D eigenvalue weighted by molar-refractivity contribution is 7.91. The predicted octanol–water partition coefficient (Wildman–Crippen LogP) is 0.649. The molecule has 1 aromatic carbocycles. The lowest BCUT2D eigenvalue weighted by Gasteiger charge is -2.33. The highest BCUT2D eigenvalue weighted by atomic mass is 32.2. The predicted molar refractivity (Wildman–Crippen MR) is 78.9 cm³/mol. The Bertz CT molecular complexity index is 628. The SMILES string of the molecule is CC1CS(=O)(=O)CCN1Cc1cccc(C#CCO)c1. The summed E-state index contributed by atoms with van der Waals surface area (Å²) in [4.78, 5) is 2.18. The largest absolute Gasteiger partial charge is 0.384 e. The third-order valence-electron chi connectivity index (χ3n) is 3.43. The van der Waals surface area contributed by atoms with Crippen LogP contribution in [0.15, 0.2) is 24.3 Å². The van der Waals surface area contributed by atoms with Gasteiger partial charge in [0.1, 0.15) is 6.61 Å². The van der Waals surface area contributed by atoms with Gasteiger partial charge in [0, 0.05) is 24.7 Å². The van der Waals surface area contributed by atoms with E-state index in [1.54, 1.807) is 0 Å². The van der Waals surface area contributed by atoms with Crippen LogP contribution in [0.3, 0.4) is 0 Å². The van der Waals surface area contributed by atoms with E-state index < -0.39 is 9.84 Å². The number of rotatable bonds is 2. The first-order valence-electron chi connectivity index (χ1n) is 6.63. The van der Waals surface area contributed by atoms with E-state index in [2.05, 4.69) is 16.7 Å². The number of hydrogen-bond donors (Lipinski definition) is 1. The van der Waals surface area contributed by atoms with Crippen LogP contribution < -0.4 is 0 Å². The zero-order valence-electron chi connectivity index (χ0n) is 11.5. The first-order chi connectivity index (χ1) is 9.50. The molecule has 4 nitrogen and oxygen atoms in total. The van der Waals surface area contributed by atoms with E-state index in [0.29, 0.717) is 6.54 Å². The average molecular weight is 293 g/mol. The Morgan fingerprint density at radius 2 is 2.25 bits per heavy atom. The van der Waals surface area contributed by atoms with E-state index in [0.717, 1.165) is 17.7 Å². The minimum Gasteiger partial charge on any atom is -0.384 e. The van der Waals surface area contributed by atoms with Crippen molar-refractivity contribution in [3.05, 3.63) is 35.4 Å². The second kappa shape index (κ2) is 6.40. The van der Waals surface area contributed by atoms with Crippen LogP contribution in [-0.4, -0.2) is 49.1 Å². The van der Waals surface area contributed by atoms with Crippen LogP contribution >= 0.6 is 0 Å². The lowest BCUT2D eigenvalue weighted by Crippen LogP contribution is -2.46. The Kier molecular flexibility index (Phi) is 4.81. The second-order valence-electron chi connectivity index (χ2n) is 5.09. The Morgan fingerprint density at radius 3 is 2.95 bits per heavy atom. The van der Waals surface area contributed by atoms with Crippen LogP contribution in [0.2, 0.25) is 0 Å². The lowest BCUT2D eigenvalue weighted by atomic mass is 10.1. The van der Waals surface area contributed by atoms with Crippen LogP contribution in [0, 0.1) is 11.8 Å². The minimum absolute atomic E-state index is 0.0425. The molecule has 1 unspecified atom stereocenters. The summed E-state index contributed by atoms with van der Waals surface area (Å²) in [6, 6.07) is 7.87. The van der Waals surface area contributed by atoms with E-state index in [9.17, 15) is 8.42 Å². The lowest BCUT2D eigenvalue weighted by molar-refractivity contribution is 0.218. The van der Waals surface area contributed by atoms with Crippen molar-refractivity contribution in [3.8, 4) is 11.8 Å². The number of hydrogen-bond acceptors (Lipinski definition) is 4. The maximum Gasteiger partial charge on any atom is 0.153 e. The fourth-order valence-electron chi connectivity index (χ4n) is 2.39. The first kappa shape index (κ1) is 15.0. The smallest absolute Gasteiger partial charge is 0.153 e. The van der Waals surface area contributed by atoms with E-state index in [1.807, 2.05) is 31.2 Å². The number of nitrogens with zero attached hydrogens (tertiary/aromatic N) is 1. The van der Waals surface area contributed by atoms with Gasteiger partial charge >= 0.3 is 0 Å². The zero-order chi connectivity index (χ0) is 14.6. The quantitative estimate of drug-likeness (QED) is 0.814. The zero-order valence-corrected chi connectivity index (χ0v) is 12.4. The molecule has 5 heteroatoms. The molecule has 1 fully saturated rings. The molecule has 1 aliphatic rings. The topological polar surface area (TPSA) is 57.6 Å². The Hall–Kier alpha value is -1.35. The number of benzene rings is 1. The van der Waals surface area contributed by atoms with Crippen LogP contribution in [-0.2, 0) is 16.4 Å². The molecular weight excluding hydrogens is 274 g/mol. The Morgan fingerprint density at radius 1 is 1.45 bits per heavy atom.